The highest BCUT2D eigenvalue weighted by atomic mass is 15.3. The molecule has 0 radical (unpaired) electrons. The lowest BCUT2D eigenvalue weighted by Gasteiger charge is -2.45. The zero-order chi connectivity index (χ0) is 15.9. The van der Waals surface area contributed by atoms with Crippen LogP contribution in [0.25, 0.3) is 10.9 Å². The summed E-state index contributed by atoms with van der Waals surface area (Å²) in [6, 6.07) is 8.48. The molecule has 0 spiro atoms. The Balaban J connectivity index is 1.95. The van der Waals surface area contributed by atoms with Gasteiger partial charge in [-0.05, 0) is 45.4 Å². The van der Waals surface area contributed by atoms with Crippen LogP contribution in [0.5, 0.6) is 0 Å². The van der Waals surface area contributed by atoms with E-state index in [0.29, 0.717) is 18.1 Å². The van der Waals surface area contributed by atoms with Crippen LogP contribution in [0.2, 0.25) is 0 Å². The van der Waals surface area contributed by atoms with Crippen molar-refractivity contribution in [2.24, 2.45) is 7.05 Å². The van der Waals surface area contributed by atoms with Crippen LogP contribution in [-0.2, 0) is 7.05 Å². The molecule has 3 rings (SSSR count). The van der Waals surface area contributed by atoms with Crippen molar-refractivity contribution in [3.63, 3.8) is 0 Å². The average molecular weight is 300 g/mol. The van der Waals surface area contributed by atoms with Crippen molar-refractivity contribution in [2.45, 2.75) is 45.8 Å². The molecular formula is C18H28N4. The third-order valence-electron chi connectivity index (χ3n) is 5.00. The minimum atomic E-state index is 0.473. The molecule has 0 bridgehead atoms. The summed E-state index contributed by atoms with van der Waals surface area (Å²) >= 11 is 0. The fourth-order valence-electron chi connectivity index (χ4n) is 3.59. The smallest absolute Gasteiger partial charge is 0.0679 e. The Hall–Kier alpha value is -1.39. The third-order valence-corrected chi connectivity index (χ3v) is 5.00. The van der Waals surface area contributed by atoms with E-state index >= 15 is 0 Å². The van der Waals surface area contributed by atoms with E-state index in [1.807, 2.05) is 17.9 Å². The number of aryl methyl sites for hydroxylation is 1. The summed E-state index contributed by atoms with van der Waals surface area (Å²) in [4.78, 5) is 5.23. The molecule has 1 fully saturated rings. The van der Waals surface area contributed by atoms with E-state index in [2.05, 4.69) is 60.8 Å². The number of benzene rings is 1. The second-order valence-corrected chi connectivity index (χ2v) is 7.02. The van der Waals surface area contributed by atoms with Gasteiger partial charge in [0.1, 0.15) is 0 Å². The lowest BCUT2D eigenvalue weighted by atomic mass is 9.98. The SMILES string of the molecule is CC(C)N1CCN(C(C)C)C(c2ccc3c(cnn3C)c2)C1. The molecule has 1 saturated heterocycles. The Bertz CT molecular complexity index is 644. The summed E-state index contributed by atoms with van der Waals surface area (Å²) in [7, 11) is 2.00. The number of hydrogen-bond donors (Lipinski definition) is 0. The molecule has 1 aromatic heterocycles. The molecule has 2 heterocycles. The maximum Gasteiger partial charge on any atom is 0.0679 e. The second kappa shape index (κ2) is 6.01. The fourth-order valence-corrected chi connectivity index (χ4v) is 3.59. The average Bonchev–Trinajstić information content (AvgIpc) is 2.87. The van der Waals surface area contributed by atoms with Crippen molar-refractivity contribution in [1.29, 1.82) is 0 Å². The summed E-state index contributed by atoms with van der Waals surface area (Å²) in [5, 5.41) is 5.61. The number of hydrogen-bond acceptors (Lipinski definition) is 3. The molecule has 0 N–H and O–H groups in total. The standard InChI is InChI=1S/C18H28N4/c1-13(2)21-8-9-22(14(3)4)18(12-21)15-6-7-17-16(10-15)11-19-20(17)5/h6-7,10-11,13-14,18H,8-9,12H2,1-5H3. The summed E-state index contributed by atoms with van der Waals surface area (Å²) in [5.74, 6) is 0. The van der Waals surface area contributed by atoms with E-state index in [-0.39, 0.29) is 0 Å². The molecule has 2 aromatic rings. The molecule has 120 valence electrons. The topological polar surface area (TPSA) is 24.3 Å². The highest BCUT2D eigenvalue weighted by Crippen LogP contribution is 2.30. The van der Waals surface area contributed by atoms with Crippen LogP contribution in [0.1, 0.15) is 39.3 Å². The predicted octanol–water partition coefficient (Wildman–Crippen LogP) is 3.05. The van der Waals surface area contributed by atoms with E-state index in [1.165, 1.54) is 23.0 Å². The van der Waals surface area contributed by atoms with Crippen molar-refractivity contribution in [1.82, 2.24) is 19.6 Å². The largest absolute Gasteiger partial charge is 0.298 e. The Kier molecular flexibility index (Phi) is 4.24. The van der Waals surface area contributed by atoms with E-state index in [4.69, 9.17) is 0 Å². The lowest BCUT2D eigenvalue weighted by Crippen LogP contribution is -2.52. The number of nitrogens with zero attached hydrogens (tertiary/aromatic N) is 4. The molecule has 0 saturated carbocycles. The van der Waals surface area contributed by atoms with Gasteiger partial charge in [-0.15, -0.1) is 0 Å². The molecule has 0 aliphatic carbocycles. The lowest BCUT2D eigenvalue weighted by molar-refractivity contribution is 0.0357. The maximum atomic E-state index is 4.37. The van der Waals surface area contributed by atoms with Gasteiger partial charge in [0.25, 0.3) is 0 Å². The molecule has 4 nitrogen and oxygen atoms in total. The van der Waals surface area contributed by atoms with Gasteiger partial charge in [0, 0.05) is 50.2 Å². The van der Waals surface area contributed by atoms with Gasteiger partial charge in [0.05, 0.1) is 11.7 Å². The van der Waals surface area contributed by atoms with E-state index < -0.39 is 0 Å². The molecule has 0 amide bonds. The van der Waals surface area contributed by atoms with Crippen molar-refractivity contribution in [2.75, 3.05) is 19.6 Å². The van der Waals surface area contributed by atoms with Crippen LogP contribution in [0.4, 0.5) is 0 Å². The Morgan fingerprint density at radius 3 is 2.55 bits per heavy atom. The number of fused-ring (bicyclic) bond motifs is 1. The van der Waals surface area contributed by atoms with Crippen LogP contribution in [0.3, 0.4) is 0 Å². The van der Waals surface area contributed by atoms with Crippen LogP contribution < -0.4 is 0 Å². The molecule has 1 aromatic carbocycles. The van der Waals surface area contributed by atoms with Gasteiger partial charge in [-0.25, -0.2) is 0 Å². The first kappa shape index (κ1) is 15.5. The van der Waals surface area contributed by atoms with Crippen LogP contribution in [-0.4, -0.2) is 51.3 Å². The number of aromatic nitrogens is 2. The Morgan fingerprint density at radius 1 is 1.09 bits per heavy atom. The maximum absolute atomic E-state index is 4.37. The van der Waals surface area contributed by atoms with Crippen molar-refractivity contribution < 1.29 is 0 Å². The van der Waals surface area contributed by atoms with Crippen molar-refractivity contribution in [3.8, 4) is 0 Å². The molecule has 1 aliphatic heterocycles. The monoisotopic (exact) mass is 300 g/mol. The van der Waals surface area contributed by atoms with Crippen LogP contribution in [0.15, 0.2) is 24.4 Å². The van der Waals surface area contributed by atoms with Gasteiger partial charge in [0.15, 0.2) is 0 Å². The highest BCUT2D eigenvalue weighted by molar-refractivity contribution is 5.79. The first-order valence-corrected chi connectivity index (χ1v) is 8.39. The van der Waals surface area contributed by atoms with Crippen LogP contribution >= 0.6 is 0 Å². The number of rotatable bonds is 3. The minimum absolute atomic E-state index is 0.473. The predicted molar refractivity (Wildman–Crippen MR) is 92.0 cm³/mol. The third kappa shape index (κ3) is 2.77. The Labute approximate surface area is 133 Å². The molecule has 22 heavy (non-hydrogen) atoms. The van der Waals surface area contributed by atoms with Gasteiger partial charge in [-0.3, -0.25) is 14.5 Å². The first-order chi connectivity index (χ1) is 10.5. The molecule has 1 atom stereocenters. The Morgan fingerprint density at radius 2 is 1.86 bits per heavy atom. The van der Waals surface area contributed by atoms with Gasteiger partial charge >= 0.3 is 0 Å². The van der Waals surface area contributed by atoms with Gasteiger partial charge in [0.2, 0.25) is 0 Å². The molecule has 1 aliphatic rings. The summed E-state index contributed by atoms with van der Waals surface area (Å²) in [6.07, 6.45) is 1.97. The fraction of sp³-hybridized carbons (Fsp3) is 0.611. The highest BCUT2D eigenvalue weighted by Gasteiger charge is 2.30. The number of piperazine rings is 1. The van der Waals surface area contributed by atoms with Gasteiger partial charge in [-0.2, -0.15) is 5.10 Å². The zero-order valence-electron chi connectivity index (χ0n) is 14.5. The first-order valence-electron chi connectivity index (χ1n) is 8.39. The van der Waals surface area contributed by atoms with Crippen molar-refractivity contribution in [3.05, 3.63) is 30.0 Å². The minimum Gasteiger partial charge on any atom is -0.298 e. The van der Waals surface area contributed by atoms with Gasteiger partial charge in [-0.1, -0.05) is 6.07 Å². The molecule has 4 heteroatoms. The summed E-state index contributed by atoms with van der Waals surface area (Å²) < 4.78 is 1.95. The second-order valence-electron chi connectivity index (χ2n) is 7.02. The molecular weight excluding hydrogens is 272 g/mol. The van der Waals surface area contributed by atoms with Gasteiger partial charge < -0.3 is 0 Å². The quantitative estimate of drug-likeness (QED) is 0.871. The van der Waals surface area contributed by atoms with E-state index in [0.717, 1.165) is 13.1 Å². The summed E-state index contributed by atoms with van der Waals surface area (Å²) in [5.41, 5.74) is 2.62. The van der Waals surface area contributed by atoms with Crippen molar-refractivity contribution >= 4 is 10.9 Å². The summed E-state index contributed by atoms with van der Waals surface area (Å²) in [6.45, 7) is 12.6. The normalized spacial score (nSPS) is 21.3. The van der Waals surface area contributed by atoms with E-state index in [1.54, 1.807) is 0 Å². The molecule has 1 unspecified atom stereocenters. The van der Waals surface area contributed by atoms with Crippen LogP contribution in [0, 0.1) is 0 Å². The van der Waals surface area contributed by atoms with E-state index in [9.17, 15) is 0 Å². The zero-order valence-corrected chi connectivity index (χ0v) is 14.5.